The number of rotatable bonds is 7. The van der Waals surface area contributed by atoms with Crippen LogP contribution in [-0.4, -0.2) is 24.4 Å². The van der Waals surface area contributed by atoms with Crippen LogP contribution >= 0.6 is 12.4 Å². The number of benzene rings is 1. The van der Waals surface area contributed by atoms with Gasteiger partial charge in [0.05, 0.1) is 4.92 Å². The van der Waals surface area contributed by atoms with Crippen molar-refractivity contribution in [3.8, 4) is 0 Å². The van der Waals surface area contributed by atoms with Gasteiger partial charge in [-0.25, -0.2) is 0 Å². The van der Waals surface area contributed by atoms with Gasteiger partial charge in [-0.3, -0.25) is 14.9 Å². The number of nitrogens with one attached hydrogen (secondary N) is 2. The van der Waals surface area contributed by atoms with Crippen molar-refractivity contribution < 1.29 is 9.72 Å². The van der Waals surface area contributed by atoms with Crippen molar-refractivity contribution in [2.75, 3.05) is 13.6 Å². The molecular weight excluding hydrogens is 270 g/mol. The molecule has 6 nitrogen and oxygen atoms in total. The topological polar surface area (TPSA) is 84.3 Å². The first-order valence-electron chi connectivity index (χ1n) is 5.78. The Hall–Kier alpha value is -1.66. The summed E-state index contributed by atoms with van der Waals surface area (Å²) in [6.45, 7) is 0.967. The van der Waals surface area contributed by atoms with Crippen molar-refractivity contribution in [3.63, 3.8) is 0 Å². The summed E-state index contributed by atoms with van der Waals surface area (Å²) in [6.07, 6.45) is 1.17. The number of nitrogens with zero attached hydrogens (tertiary/aromatic N) is 1. The molecule has 0 radical (unpaired) electrons. The summed E-state index contributed by atoms with van der Waals surface area (Å²) in [4.78, 5) is 21.8. The van der Waals surface area contributed by atoms with Gasteiger partial charge in [0.2, 0.25) is 5.91 Å². The lowest BCUT2D eigenvalue weighted by atomic mass is 10.2. The highest BCUT2D eigenvalue weighted by Gasteiger charge is 2.12. The molecule has 0 fully saturated rings. The fourth-order valence-corrected chi connectivity index (χ4v) is 1.55. The third-order valence-corrected chi connectivity index (χ3v) is 2.49. The Morgan fingerprint density at radius 3 is 2.68 bits per heavy atom. The molecule has 1 amide bonds. The van der Waals surface area contributed by atoms with E-state index in [1.165, 1.54) is 6.07 Å². The highest BCUT2D eigenvalue weighted by Crippen LogP contribution is 2.17. The molecule has 0 heterocycles. The van der Waals surface area contributed by atoms with E-state index in [1.807, 2.05) is 7.05 Å². The Balaban J connectivity index is 0.00000324. The van der Waals surface area contributed by atoms with Crippen molar-refractivity contribution in [3.05, 3.63) is 39.9 Å². The quantitative estimate of drug-likeness (QED) is 0.453. The summed E-state index contributed by atoms with van der Waals surface area (Å²) in [6, 6.07) is 6.40. The molecule has 1 rings (SSSR count). The van der Waals surface area contributed by atoms with Gasteiger partial charge in [-0.2, -0.15) is 0 Å². The number of hydrogen-bond acceptors (Lipinski definition) is 4. The van der Waals surface area contributed by atoms with Gasteiger partial charge < -0.3 is 10.6 Å². The molecule has 106 valence electrons. The summed E-state index contributed by atoms with van der Waals surface area (Å²) in [5, 5.41) is 16.4. The number of carbonyl (C=O) groups is 1. The molecule has 0 saturated heterocycles. The molecule has 0 saturated carbocycles. The molecule has 0 bridgehead atoms. The van der Waals surface area contributed by atoms with Crippen LogP contribution in [0.4, 0.5) is 5.69 Å². The van der Waals surface area contributed by atoms with Crippen LogP contribution in [0.5, 0.6) is 0 Å². The van der Waals surface area contributed by atoms with E-state index < -0.39 is 4.92 Å². The number of para-hydroxylation sites is 1. The molecule has 0 aromatic heterocycles. The maximum Gasteiger partial charge on any atom is 0.274 e. The van der Waals surface area contributed by atoms with E-state index in [0.717, 1.165) is 13.0 Å². The normalized spacial score (nSPS) is 9.53. The van der Waals surface area contributed by atoms with Crippen molar-refractivity contribution in [2.24, 2.45) is 0 Å². The first-order chi connectivity index (χ1) is 8.65. The third kappa shape index (κ3) is 6.17. The Labute approximate surface area is 118 Å². The molecule has 19 heavy (non-hydrogen) atoms. The molecule has 7 heteroatoms. The number of halogens is 1. The van der Waals surface area contributed by atoms with Gasteiger partial charge in [-0.15, -0.1) is 12.4 Å². The maximum absolute atomic E-state index is 11.5. The number of hydrogen-bond donors (Lipinski definition) is 2. The monoisotopic (exact) mass is 287 g/mol. The fraction of sp³-hybridized carbons (Fsp3) is 0.417. The predicted octanol–water partition coefficient (Wildman–Crippen LogP) is 1.63. The largest absolute Gasteiger partial charge is 0.352 e. The van der Waals surface area contributed by atoms with Gasteiger partial charge in [0.15, 0.2) is 0 Å². The Morgan fingerprint density at radius 2 is 2.05 bits per heavy atom. The smallest absolute Gasteiger partial charge is 0.274 e. The van der Waals surface area contributed by atoms with Crippen molar-refractivity contribution >= 4 is 24.0 Å². The van der Waals surface area contributed by atoms with Gasteiger partial charge in [-0.1, -0.05) is 18.2 Å². The van der Waals surface area contributed by atoms with Gasteiger partial charge >= 0.3 is 0 Å². The molecule has 1 aromatic carbocycles. The van der Waals surface area contributed by atoms with E-state index in [4.69, 9.17) is 0 Å². The highest BCUT2D eigenvalue weighted by atomic mass is 35.5. The van der Waals surface area contributed by atoms with E-state index >= 15 is 0 Å². The summed E-state index contributed by atoms with van der Waals surface area (Å²) in [5.41, 5.74) is 0.553. The van der Waals surface area contributed by atoms with Crippen molar-refractivity contribution in [1.82, 2.24) is 10.6 Å². The van der Waals surface area contributed by atoms with Crippen LogP contribution in [0.2, 0.25) is 0 Å². The third-order valence-electron chi connectivity index (χ3n) is 2.49. The Bertz CT molecular complexity index is 426. The maximum atomic E-state index is 11.5. The van der Waals surface area contributed by atoms with E-state index in [1.54, 1.807) is 18.2 Å². The predicted molar refractivity (Wildman–Crippen MR) is 75.4 cm³/mol. The molecule has 0 spiro atoms. The molecular formula is C12H18ClN3O3. The van der Waals surface area contributed by atoms with E-state index in [-0.39, 0.29) is 30.5 Å². The average Bonchev–Trinajstić information content (AvgIpc) is 2.37. The molecule has 1 aromatic rings. The zero-order chi connectivity index (χ0) is 13.4. The minimum absolute atomic E-state index is 0. The van der Waals surface area contributed by atoms with Crippen molar-refractivity contribution in [1.29, 1.82) is 0 Å². The fourth-order valence-electron chi connectivity index (χ4n) is 1.55. The Kier molecular flexibility index (Phi) is 8.48. The van der Waals surface area contributed by atoms with Crippen LogP contribution in [0, 0.1) is 10.1 Å². The van der Waals surface area contributed by atoms with Crippen LogP contribution in [-0.2, 0) is 11.3 Å². The SMILES string of the molecule is CNCCCC(=O)NCc1ccccc1[N+](=O)[O-].Cl. The molecule has 0 atom stereocenters. The van der Waals surface area contributed by atoms with Gasteiger partial charge in [0.25, 0.3) is 5.69 Å². The Morgan fingerprint density at radius 1 is 1.37 bits per heavy atom. The second kappa shape index (κ2) is 9.29. The average molecular weight is 288 g/mol. The summed E-state index contributed by atoms with van der Waals surface area (Å²) >= 11 is 0. The first-order valence-corrected chi connectivity index (χ1v) is 5.78. The molecule has 0 aliphatic rings. The summed E-state index contributed by atoms with van der Waals surface area (Å²) < 4.78 is 0. The minimum Gasteiger partial charge on any atom is -0.352 e. The minimum atomic E-state index is -0.442. The molecule has 0 aliphatic heterocycles. The van der Waals surface area contributed by atoms with E-state index in [9.17, 15) is 14.9 Å². The van der Waals surface area contributed by atoms with Crippen LogP contribution in [0.3, 0.4) is 0 Å². The van der Waals surface area contributed by atoms with Gasteiger partial charge in [0.1, 0.15) is 0 Å². The number of amides is 1. The summed E-state index contributed by atoms with van der Waals surface area (Å²) in [7, 11) is 1.82. The lowest BCUT2D eigenvalue weighted by Gasteiger charge is -2.05. The van der Waals surface area contributed by atoms with Crippen LogP contribution < -0.4 is 10.6 Å². The molecule has 0 aliphatic carbocycles. The number of nitro benzene ring substituents is 1. The molecule has 2 N–H and O–H groups in total. The summed E-state index contributed by atoms with van der Waals surface area (Å²) in [5.74, 6) is -0.0941. The van der Waals surface area contributed by atoms with E-state index in [0.29, 0.717) is 12.0 Å². The zero-order valence-electron chi connectivity index (χ0n) is 10.7. The van der Waals surface area contributed by atoms with Gasteiger partial charge in [-0.05, 0) is 20.0 Å². The van der Waals surface area contributed by atoms with Crippen LogP contribution in [0.25, 0.3) is 0 Å². The first kappa shape index (κ1) is 17.3. The van der Waals surface area contributed by atoms with Crippen LogP contribution in [0.1, 0.15) is 18.4 Å². The lowest BCUT2D eigenvalue weighted by Crippen LogP contribution is -2.24. The second-order valence-electron chi connectivity index (χ2n) is 3.87. The number of nitro groups is 1. The lowest BCUT2D eigenvalue weighted by molar-refractivity contribution is -0.385. The van der Waals surface area contributed by atoms with Gasteiger partial charge in [0, 0.05) is 24.6 Å². The van der Waals surface area contributed by atoms with Crippen molar-refractivity contribution in [2.45, 2.75) is 19.4 Å². The van der Waals surface area contributed by atoms with E-state index in [2.05, 4.69) is 10.6 Å². The number of carbonyl (C=O) groups excluding carboxylic acids is 1. The standard InChI is InChI=1S/C12H17N3O3.ClH/c1-13-8-4-7-12(16)14-9-10-5-2-3-6-11(10)15(17)18;/h2-3,5-6,13H,4,7-9H2,1H3,(H,14,16);1H. The highest BCUT2D eigenvalue weighted by molar-refractivity contribution is 5.85. The van der Waals surface area contributed by atoms with Crippen LogP contribution in [0.15, 0.2) is 24.3 Å². The second-order valence-corrected chi connectivity index (χ2v) is 3.87. The zero-order valence-corrected chi connectivity index (χ0v) is 11.5. The molecule has 0 unspecified atom stereocenters.